The van der Waals surface area contributed by atoms with Gasteiger partial charge in [-0.05, 0) is 30.7 Å². The van der Waals surface area contributed by atoms with E-state index in [1.165, 1.54) is 45.4 Å². The first-order chi connectivity index (χ1) is 10.0. The Bertz CT molecular complexity index is 696. The molecule has 0 unspecified atom stereocenters. The van der Waals surface area contributed by atoms with Crippen LogP contribution in [-0.2, 0) is 0 Å². The van der Waals surface area contributed by atoms with Crippen LogP contribution in [0.5, 0.6) is 11.5 Å². The largest absolute Gasteiger partial charge is 0.493 e. The topological polar surface area (TPSA) is 35.5 Å². The molecule has 0 fully saturated rings. The van der Waals surface area contributed by atoms with Crippen molar-refractivity contribution in [3.8, 4) is 22.6 Å². The molecule has 0 radical (unpaired) electrons. The van der Waals surface area contributed by atoms with E-state index >= 15 is 0 Å². The third-order valence-corrected chi connectivity index (χ3v) is 3.24. The van der Waals surface area contributed by atoms with Crippen molar-refractivity contribution in [2.45, 2.75) is 6.92 Å². The van der Waals surface area contributed by atoms with E-state index < -0.39 is 11.6 Å². The van der Waals surface area contributed by atoms with Gasteiger partial charge in [-0.3, -0.25) is 4.79 Å². The highest BCUT2D eigenvalue weighted by Crippen LogP contribution is 2.37. The monoisotopic (exact) mass is 292 g/mol. The maximum Gasteiger partial charge on any atom is 0.161 e. The highest BCUT2D eigenvalue weighted by Gasteiger charge is 2.19. The molecule has 0 heterocycles. The molecule has 0 amide bonds. The van der Waals surface area contributed by atoms with Gasteiger partial charge < -0.3 is 9.47 Å². The number of methoxy groups -OCH3 is 2. The lowest BCUT2D eigenvalue weighted by Gasteiger charge is -2.14. The first-order valence-electron chi connectivity index (χ1n) is 6.19. The van der Waals surface area contributed by atoms with Gasteiger partial charge >= 0.3 is 0 Å². The summed E-state index contributed by atoms with van der Waals surface area (Å²) in [6.45, 7) is 1.53. The summed E-state index contributed by atoms with van der Waals surface area (Å²) in [5.41, 5.74) is 0.286. The fraction of sp³-hybridized carbons (Fsp3) is 0.188. The molecule has 2 aromatic rings. The van der Waals surface area contributed by atoms with E-state index in [2.05, 4.69) is 0 Å². The number of aldehydes is 1. The smallest absolute Gasteiger partial charge is 0.161 e. The number of hydrogen-bond acceptors (Lipinski definition) is 3. The minimum absolute atomic E-state index is 0.121. The Kier molecular flexibility index (Phi) is 4.21. The van der Waals surface area contributed by atoms with E-state index in [0.717, 1.165) is 0 Å². The number of rotatable bonds is 4. The van der Waals surface area contributed by atoms with Gasteiger partial charge in [0.1, 0.15) is 11.6 Å². The molecule has 0 aliphatic rings. The Hall–Kier alpha value is -2.43. The van der Waals surface area contributed by atoms with Crippen LogP contribution in [0.15, 0.2) is 24.3 Å². The lowest BCUT2D eigenvalue weighted by Crippen LogP contribution is -1.99. The number of carbonyl (C=O) groups is 1. The third kappa shape index (κ3) is 2.59. The zero-order valence-electron chi connectivity index (χ0n) is 11.9. The van der Waals surface area contributed by atoms with E-state index in [0.29, 0.717) is 17.8 Å². The summed E-state index contributed by atoms with van der Waals surface area (Å²) >= 11 is 0. The average molecular weight is 292 g/mol. The summed E-state index contributed by atoms with van der Waals surface area (Å²) in [7, 11) is 2.82. The second kappa shape index (κ2) is 5.91. The molecule has 0 bridgehead atoms. The lowest BCUT2D eigenvalue weighted by molar-refractivity contribution is 0.112. The van der Waals surface area contributed by atoms with Crippen LogP contribution in [0.3, 0.4) is 0 Å². The van der Waals surface area contributed by atoms with Crippen LogP contribution in [0.2, 0.25) is 0 Å². The number of ether oxygens (including phenoxy) is 2. The van der Waals surface area contributed by atoms with E-state index in [1.54, 1.807) is 0 Å². The zero-order valence-corrected chi connectivity index (χ0v) is 11.9. The number of halogens is 2. The Labute approximate surface area is 121 Å². The summed E-state index contributed by atoms with van der Waals surface area (Å²) in [4.78, 5) is 11.2. The maximum atomic E-state index is 14.3. The Balaban J connectivity index is 2.80. The molecule has 2 rings (SSSR count). The van der Waals surface area contributed by atoms with Crippen LogP contribution in [0.1, 0.15) is 15.9 Å². The van der Waals surface area contributed by atoms with E-state index in [9.17, 15) is 13.6 Å². The molecule has 110 valence electrons. The van der Waals surface area contributed by atoms with Crippen molar-refractivity contribution in [1.82, 2.24) is 0 Å². The van der Waals surface area contributed by atoms with E-state index in [4.69, 9.17) is 9.47 Å². The first kappa shape index (κ1) is 15.0. The van der Waals surface area contributed by atoms with Gasteiger partial charge in [-0.15, -0.1) is 0 Å². The van der Waals surface area contributed by atoms with Crippen LogP contribution in [-0.4, -0.2) is 20.5 Å². The van der Waals surface area contributed by atoms with Crippen molar-refractivity contribution in [2.75, 3.05) is 14.2 Å². The average Bonchev–Trinajstić information content (AvgIpc) is 2.50. The summed E-state index contributed by atoms with van der Waals surface area (Å²) in [5.74, 6) is -0.839. The second-order valence-electron chi connectivity index (χ2n) is 4.47. The molecular weight excluding hydrogens is 278 g/mol. The van der Waals surface area contributed by atoms with Crippen LogP contribution in [0, 0.1) is 18.6 Å². The van der Waals surface area contributed by atoms with Gasteiger partial charge in [0.25, 0.3) is 0 Å². The van der Waals surface area contributed by atoms with Gasteiger partial charge in [0.2, 0.25) is 0 Å². The molecule has 0 spiro atoms. The zero-order chi connectivity index (χ0) is 15.6. The van der Waals surface area contributed by atoms with Gasteiger partial charge in [-0.2, -0.15) is 0 Å². The minimum Gasteiger partial charge on any atom is -0.493 e. The third-order valence-electron chi connectivity index (χ3n) is 3.24. The Morgan fingerprint density at radius 2 is 1.67 bits per heavy atom. The fourth-order valence-electron chi connectivity index (χ4n) is 2.11. The number of hydrogen-bond donors (Lipinski definition) is 0. The molecule has 0 saturated heterocycles. The van der Waals surface area contributed by atoms with Crippen molar-refractivity contribution in [1.29, 1.82) is 0 Å². The number of carbonyl (C=O) groups excluding carboxylic acids is 1. The van der Waals surface area contributed by atoms with Crippen molar-refractivity contribution >= 4 is 6.29 Å². The summed E-state index contributed by atoms with van der Waals surface area (Å²) in [5, 5.41) is 0. The number of aryl methyl sites for hydroxylation is 1. The summed E-state index contributed by atoms with van der Waals surface area (Å²) in [6, 6.07) is 5.29. The predicted octanol–water partition coefficient (Wildman–Crippen LogP) is 3.77. The van der Waals surface area contributed by atoms with Crippen LogP contribution in [0.25, 0.3) is 11.1 Å². The molecule has 0 N–H and O–H groups in total. The number of benzene rings is 2. The van der Waals surface area contributed by atoms with Crippen LogP contribution >= 0.6 is 0 Å². The van der Waals surface area contributed by atoms with E-state index in [1.807, 2.05) is 0 Å². The van der Waals surface area contributed by atoms with Crippen molar-refractivity contribution in [2.24, 2.45) is 0 Å². The molecule has 0 saturated carbocycles. The van der Waals surface area contributed by atoms with Gasteiger partial charge in [0.15, 0.2) is 17.8 Å². The quantitative estimate of drug-likeness (QED) is 0.805. The molecule has 5 heteroatoms. The van der Waals surface area contributed by atoms with Crippen molar-refractivity contribution < 1.29 is 23.0 Å². The molecule has 0 atom stereocenters. The lowest BCUT2D eigenvalue weighted by atomic mass is 9.97. The predicted molar refractivity (Wildman–Crippen MR) is 75.0 cm³/mol. The molecule has 0 aliphatic heterocycles. The summed E-state index contributed by atoms with van der Waals surface area (Å²) in [6.07, 6.45) is 0.526. The molecule has 3 nitrogen and oxygen atoms in total. The first-order valence-corrected chi connectivity index (χ1v) is 6.19. The van der Waals surface area contributed by atoms with Crippen molar-refractivity contribution in [3.05, 3.63) is 47.0 Å². The van der Waals surface area contributed by atoms with Crippen molar-refractivity contribution in [3.63, 3.8) is 0 Å². The van der Waals surface area contributed by atoms with Crippen LogP contribution in [0.4, 0.5) is 8.78 Å². The van der Waals surface area contributed by atoms with Gasteiger partial charge in [0, 0.05) is 11.1 Å². The van der Waals surface area contributed by atoms with Gasteiger partial charge in [0.05, 0.1) is 19.8 Å². The molecule has 0 aliphatic carbocycles. The fourth-order valence-corrected chi connectivity index (χ4v) is 2.11. The standard InChI is InChI=1S/C16H14F2O3/c1-9-4-5-12(17)15(16(9)18)11-7-14(21-3)13(20-2)6-10(11)8-19/h4-8H,1-3H3. The molecule has 2 aromatic carbocycles. The highest BCUT2D eigenvalue weighted by atomic mass is 19.1. The molecule has 21 heavy (non-hydrogen) atoms. The Morgan fingerprint density at radius 3 is 2.24 bits per heavy atom. The minimum atomic E-state index is -0.742. The molecule has 0 aromatic heterocycles. The SMILES string of the molecule is COc1cc(C=O)c(-c2c(F)ccc(C)c2F)cc1OC. The Morgan fingerprint density at radius 1 is 1.05 bits per heavy atom. The normalized spacial score (nSPS) is 10.3. The summed E-state index contributed by atoms with van der Waals surface area (Å²) < 4.78 is 38.5. The second-order valence-corrected chi connectivity index (χ2v) is 4.47. The van der Waals surface area contributed by atoms with E-state index in [-0.39, 0.29) is 22.3 Å². The van der Waals surface area contributed by atoms with Gasteiger partial charge in [-0.1, -0.05) is 6.07 Å². The van der Waals surface area contributed by atoms with Gasteiger partial charge in [-0.25, -0.2) is 8.78 Å². The van der Waals surface area contributed by atoms with Crippen LogP contribution < -0.4 is 9.47 Å². The maximum absolute atomic E-state index is 14.3. The highest BCUT2D eigenvalue weighted by molar-refractivity contribution is 5.90. The molecular formula is C16H14F2O3.